The molecule has 117 heavy (non-hydrogen) atoms. The summed E-state index contributed by atoms with van der Waals surface area (Å²) >= 11 is 6.21. The van der Waals surface area contributed by atoms with Crippen molar-refractivity contribution >= 4 is 35.0 Å². The highest BCUT2D eigenvalue weighted by molar-refractivity contribution is 6.33. The maximum atomic E-state index is 14.8. The molecule has 3 aliphatic carbocycles. The smallest absolute Gasteiger partial charge is 0.259 e. The number of carbonyl (C=O) groups is 3. The van der Waals surface area contributed by atoms with Crippen LogP contribution in [0.1, 0.15) is 220 Å². The number of benzene rings is 8. The Labute approximate surface area is 682 Å². The van der Waals surface area contributed by atoms with Gasteiger partial charge in [-0.2, -0.15) is 0 Å². The Morgan fingerprint density at radius 1 is 0.410 bits per heavy atom. The average molecular weight is 1610 g/mol. The highest BCUT2D eigenvalue weighted by Gasteiger charge is 2.37. The van der Waals surface area contributed by atoms with E-state index >= 15 is 0 Å². The summed E-state index contributed by atoms with van der Waals surface area (Å²) in [6.45, 7) is 1.02. The number of ether oxygens (including phenoxy) is 4. The molecule has 3 amide bonds. The fourth-order valence-electron chi connectivity index (χ4n) is 16.4. The van der Waals surface area contributed by atoms with Crippen molar-refractivity contribution in [3.8, 4) is 57.2 Å². The van der Waals surface area contributed by atoms with Crippen molar-refractivity contribution < 1.29 is 59.7 Å². The number of nitrogens with zero attached hydrogens (tertiary/aromatic N) is 8. The third kappa shape index (κ3) is 19.1. The highest BCUT2D eigenvalue weighted by Crippen LogP contribution is 2.40. The number of halogens is 7. The Hall–Kier alpha value is -11.7. The normalized spacial score (nSPS) is 15.1. The van der Waals surface area contributed by atoms with E-state index in [1.165, 1.54) is 167 Å². The van der Waals surface area contributed by atoms with Gasteiger partial charge in [0.1, 0.15) is 68.6 Å². The van der Waals surface area contributed by atoms with Crippen molar-refractivity contribution in [3.05, 3.63) is 288 Å². The van der Waals surface area contributed by atoms with Crippen molar-refractivity contribution in [2.75, 3.05) is 34.2 Å². The lowest BCUT2D eigenvalue weighted by molar-refractivity contribution is 0.0757. The van der Waals surface area contributed by atoms with Gasteiger partial charge in [0.25, 0.3) is 17.7 Å². The van der Waals surface area contributed by atoms with Gasteiger partial charge in [-0.25, -0.2) is 56.2 Å². The van der Waals surface area contributed by atoms with E-state index in [2.05, 4.69) is 95.9 Å². The molecular formula is C93H93ClF6N10O7. The van der Waals surface area contributed by atoms with E-state index in [0.29, 0.717) is 87.3 Å². The van der Waals surface area contributed by atoms with Crippen molar-refractivity contribution in [1.82, 2.24) is 45.0 Å². The molecular weight excluding hydrogens is 1520 g/mol. The quantitative estimate of drug-likeness (QED) is 0.0465. The summed E-state index contributed by atoms with van der Waals surface area (Å²) in [6.07, 6.45) is 20.3. The number of carbonyl (C=O) groups excluding carboxylic acids is 3. The second-order valence-corrected chi connectivity index (χ2v) is 30.3. The number of fused-ring (bicyclic) bond motifs is 3. The van der Waals surface area contributed by atoms with Crippen LogP contribution in [0.2, 0.25) is 5.15 Å². The first kappa shape index (κ1) is 83.2. The van der Waals surface area contributed by atoms with Crippen molar-refractivity contribution in [2.45, 2.75) is 167 Å². The lowest BCUT2D eigenvalue weighted by atomic mass is 9.84. The van der Waals surface area contributed by atoms with Crippen LogP contribution < -0.4 is 30.0 Å². The highest BCUT2D eigenvalue weighted by atomic mass is 35.5. The molecule has 6 aliphatic rings. The molecule has 3 N–H and O–H groups in total. The number of nitrogens with two attached hydrogens (primary N) is 1. The topological polar surface area (TPSA) is 210 Å². The van der Waals surface area contributed by atoms with Crippen LogP contribution in [0.15, 0.2) is 164 Å². The van der Waals surface area contributed by atoms with Gasteiger partial charge in [-0.15, -0.1) is 0 Å². The van der Waals surface area contributed by atoms with E-state index in [4.69, 9.17) is 36.3 Å². The van der Waals surface area contributed by atoms with Gasteiger partial charge >= 0.3 is 0 Å². The van der Waals surface area contributed by atoms with Gasteiger partial charge in [-0.05, 0) is 157 Å². The summed E-state index contributed by atoms with van der Waals surface area (Å²) in [5.41, 5.74) is 16.4. The zero-order valence-corrected chi connectivity index (χ0v) is 65.8. The van der Waals surface area contributed by atoms with Crippen LogP contribution in [0, 0.1) is 34.9 Å². The fourth-order valence-corrected chi connectivity index (χ4v) is 16.7. The predicted molar refractivity (Wildman–Crippen MR) is 438 cm³/mol. The molecule has 0 unspecified atom stereocenters. The number of amides is 3. The predicted octanol–water partition coefficient (Wildman–Crippen LogP) is 20.7. The Balaban J connectivity index is 0.000000143. The number of rotatable bonds is 18. The number of nitrogens with one attached hydrogen (secondary N) is 1. The molecule has 0 spiro atoms. The second-order valence-electron chi connectivity index (χ2n) is 29.9. The maximum Gasteiger partial charge on any atom is 0.259 e. The van der Waals surface area contributed by atoms with Crippen molar-refractivity contribution in [2.24, 2.45) is 0 Å². The van der Waals surface area contributed by atoms with Gasteiger partial charge in [0.15, 0.2) is 17.5 Å². The lowest BCUT2D eigenvalue weighted by Crippen LogP contribution is -2.24. The van der Waals surface area contributed by atoms with Crippen molar-refractivity contribution in [3.63, 3.8) is 0 Å². The minimum absolute atomic E-state index is 0. The number of hydrogen-bond acceptors (Lipinski definition) is 14. The van der Waals surface area contributed by atoms with E-state index in [-0.39, 0.29) is 103 Å². The third-order valence-electron chi connectivity index (χ3n) is 22.5. The first-order chi connectivity index (χ1) is 56.3. The first-order valence-electron chi connectivity index (χ1n) is 39.3. The molecule has 17 nitrogen and oxygen atoms in total. The Morgan fingerprint density at radius 3 is 1.15 bits per heavy atom. The Kier molecular flexibility index (Phi) is 27.0. The SMILES string of the molecule is C.COc1ccc(CN2Cc3nc(-c4c(F)cccc4F)nc(Cc4ccc(C5CCCCC5)cc4)c3C2=O)c(OC)c1.COc1ccc(CN2Cc3nc(-c4c(F)cccc4F)nc(Cl)c3C2=O)c(OC)c1.Nc1ccc(C2CCCCC2)cc1.O=C1NCc2nc(-c3c(F)cccc3F)nc(Cc3ccc(C4CCCCC4)cc3)c21. The number of hydrogen-bond donors (Lipinski definition) is 2. The average Bonchev–Trinajstić information content (AvgIpc) is 1.62. The van der Waals surface area contributed by atoms with Crippen LogP contribution >= 0.6 is 11.6 Å². The molecule has 3 fully saturated rings. The molecule has 0 saturated heterocycles. The van der Waals surface area contributed by atoms with Gasteiger partial charge in [0.05, 0.1) is 117 Å². The zero-order chi connectivity index (χ0) is 81.1. The molecule has 0 atom stereocenters. The summed E-state index contributed by atoms with van der Waals surface area (Å²) in [7, 11) is 6.22. The van der Waals surface area contributed by atoms with E-state index in [9.17, 15) is 40.7 Å². The van der Waals surface area contributed by atoms with Crippen LogP contribution in [0.3, 0.4) is 0 Å². The fraction of sp³-hybridized carbons (Fsp3) is 0.323. The molecule has 3 saturated carbocycles. The number of aromatic nitrogens is 6. The largest absolute Gasteiger partial charge is 0.497 e. The zero-order valence-electron chi connectivity index (χ0n) is 65.0. The molecule has 8 aromatic carbocycles. The van der Waals surface area contributed by atoms with Crippen molar-refractivity contribution in [1.29, 1.82) is 0 Å². The van der Waals surface area contributed by atoms with Gasteiger partial charge in [0, 0.05) is 41.8 Å². The molecule has 0 bridgehead atoms. The molecule has 0 radical (unpaired) electrons. The monoisotopic (exact) mass is 1610 g/mol. The minimum Gasteiger partial charge on any atom is -0.497 e. The summed E-state index contributed by atoms with van der Waals surface area (Å²) in [5.74, 6) is -1.27. The van der Waals surface area contributed by atoms with Crippen LogP contribution in [-0.2, 0) is 45.6 Å². The Bertz CT molecular complexity index is 5350. The summed E-state index contributed by atoms with van der Waals surface area (Å²) in [4.78, 5) is 68.3. The lowest BCUT2D eigenvalue weighted by Gasteiger charge is -2.22. The number of methoxy groups -OCH3 is 4. The number of nitrogen functional groups attached to an aromatic ring is 1. The Morgan fingerprint density at radius 2 is 0.761 bits per heavy atom. The minimum atomic E-state index is -0.810. The number of anilines is 1. The van der Waals surface area contributed by atoms with Gasteiger partial charge in [0.2, 0.25) is 0 Å². The molecule has 606 valence electrons. The first-order valence-corrected chi connectivity index (χ1v) is 39.7. The van der Waals surface area contributed by atoms with Crippen LogP contribution in [0.4, 0.5) is 32.0 Å². The third-order valence-corrected chi connectivity index (χ3v) is 22.8. The molecule has 11 aromatic rings. The van der Waals surface area contributed by atoms with E-state index in [0.717, 1.165) is 46.0 Å². The summed E-state index contributed by atoms with van der Waals surface area (Å²) in [6, 6.07) is 46.8. The van der Waals surface area contributed by atoms with Gasteiger partial charge in [-0.1, -0.05) is 156 Å². The van der Waals surface area contributed by atoms with E-state index in [1.54, 1.807) is 50.5 Å². The van der Waals surface area contributed by atoms with Gasteiger partial charge in [-0.3, -0.25) is 14.4 Å². The van der Waals surface area contributed by atoms with Gasteiger partial charge < -0.3 is 39.8 Å². The maximum absolute atomic E-state index is 14.8. The van der Waals surface area contributed by atoms with Crippen LogP contribution in [-0.4, -0.2) is 85.9 Å². The molecule has 6 heterocycles. The summed E-state index contributed by atoms with van der Waals surface area (Å²) in [5, 5.41) is 2.60. The molecule has 17 rings (SSSR count). The van der Waals surface area contributed by atoms with E-state index in [1.807, 2.05) is 24.3 Å². The standard InChI is InChI=1S/C34H33F2N3O3.C25H23F2N3O.C21H16ClF2N3O3.C12H17N.CH4/c1-41-25-16-15-24(30(18-25)42-2)19-39-20-29-32(34(39)40)28(37-33(38-29)31-26(35)9-6-10-27(31)36)17-21-11-13-23(14-12-21)22-7-4-3-5-8-22;26-18-7-4-8-19(27)22(18)24-29-20(23-21(30-24)14-28-25(23)31)13-15-9-11-17(12-10-15)16-5-2-1-3-6-16;1-29-12-7-6-11(16(8-12)30-2)9-27-10-15-18(21(27)28)19(22)26-20(25-15)17-13(23)4-3-5-14(17)24;13-12-8-6-11(7-9-12)10-4-2-1-3-5-10;/h6,9-16,18,22H,3-5,7-8,17,19-20H2,1-2H3;4,7-12,16H,1-3,5-6,13-14H2,(H,28,31);3-8H,9-10H2,1-2H3;6-10H,1-5,13H2;1H4. The molecule has 3 aromatic heterocycles. The molecule has 24 heteroatoms. The second kappa shape index (κ2) is 37.9. The van der Waals surface area contributed by atoms with Crippen LogP contribution in [0.25, 0.3) is 34.2 Å². The summed E-state index contributed by atoms with van der Waals surface area (Å²) < 4.78 is 108. The molecule has 3 aliphatic heterocycles. The van der Waals surface area contributed by atoms with Crippen LogP contribution in [0.5, 0.6) is 23.0 Å². The van der Waals surface area contributed by atoms with E-state index < -0.39 is 34.9 Å².